The van der Waals surface area contributed by atoms with E-state index in [1.807, 2.05) is 0 Å². The van der Waals surface area contributed by atoms with E-state index in [-0.39, 0.29) is 21.8 Å². The van der Waals surface area contributed by atoms with Gasteiger partial charge in [0.15, 0.2) is 0 Å². The van der Waals surface area contributed by atoms with E-state index >= 15 is 0 Å². The summed E-state index contributed by atoms with van der Waals surface area (Å²) < 4.78 is 32.1. The Hall–Kier alpha value is -3.52. The summed E-state index contributed by atoms with van der Waals surface area (Å²) in [6.07, 6.45) is 2.36. The van der Waals surface area contributed by atoms with Crippen LogP contribution in [0.5, 0.6) is 5.75 Å². The van der Waals surface area contributed by atoms with Gasteiger partial charge in [0.2, 0.25) is 11.6 Å². The van der Waals surface area contributed by atoms with Crippen molar-refractivity contribution in [3.8, 4) is 17.0 Å². The molecule has 0 spiro atoms. The average Bonchev–Trinajstić information content (AvgIpc) is 3.12. The summed E-state index contributed by atoms with van der Waals surface area (Å²) in [4.78, 5) is 24.5. The second-order valence-corrected chi connectivity index (χ2v) is 7.79. The normalized spacial score (nSPS) is 13.5. The zero-order chi connectivity index (χ0) is 19.9. The number of carbonyl (C=O) groups excluding carboxylic acids is 2. The number of hydrogen-bond acceptors (Lipinski definition) is 6. The first-order valence-electron chi connectivity index (χ1n) is 8.28. The van der Waals surface area contributed by atoms with Gasteiger partial charge in [-0.05, 0) is 48.6 Å². The van der Waals surface area contributed by atoms with Crippen LogP contribution in [0.2, 0.25) is 0 Å². The molecule has 1 aliphatic carbocycles. The third-order valence-corrected chi connectivity index (χ3v) is 5.97. The summed E-state index contributed by atoms with van der Waals surface area (Å²) in [6.45, 7) is 0. The molecule has 3 aromatic rings. The molecule has 8 heteroatoms. The van der Waals surface area contributed by atoms with Crippen LogP contribution in [0.4, 0.5) is 0 Å². The van der Waals surface area contributed by atoms with E-state index in [4.69, 9.17) is 4.74 Å². The van der Waals surface area contributed by atoms with E-state index < -0.39 is 21.6 Å². The number of rotatable bonds is 4. The Balaban J connectivity index is 1.98. The smallest absolute Gasteiger partial charge is 0.283 e. The van der Waals surface area contributed by atoms with Crippen molar-refractivity contribution in [3.05, 3.63) is 71.9 Å². The average molecular weight is 394 g/mol. The van der Waals surface area contributed by atoms with E-state index in [2.05, 4.69) is 5.10 Å². The molecule has 0 amide bonds. The first kappa shape index (κ1) is 17.9. The SMILES string of the molecule is COc1ccc(-c2nn(S(=O)(=O)c3ccccc3)c3c2C(=O)C(=O)C=C3)cc1. The van der Waals surface area contributed by atoms with Crippen LogP contribution in [0.1, 0.15) is 16.1 Å². The summed E-state index contributed by atoms with van der Waals surface area (Å²) in [7, 11) is -2.54. The van der Waals surface area contributed by atoms with Gasteiger partial charge < -0.3 is 4.74 Å². The minimum Gasteiger partial charge on any atom is -0.497 e. The van der Waals surface area contributed by atoms with Crippen molar-refractivity contribution < 1.29 is 22.7 Å². The van der Waals surface area contributed by atoms with E-state index in [0.29, 0.717) is 11.3 Å². The minimum absolute atomic E-state index is 0.0272. The molecule has 0 atom stereocenters. The number of Topliss-reactive ketones (excluding diaryl/α,β-unsaturated/α-hetero) is 1. The summed E-state index contributed by atoms with van der Waals surface area (Å²) in [6, 6.07) is 14.4. The van der Waals surface area contributed by atoms with E-state index in [9.17, 15) is 18.0 Å². The molecule has 140 valence electrons. The molecule has 4 rings (SSSR count). The molecule has 0 bridgehead atoms. The van der Waals surface area contributed by atoms with Crippen LogP contribution in [0.25, 0.3) is 17.3 Å². The highest BCUT2D eigenvalue weighted by atomic mass is 32.2. The lowest BCUT2D eigenvalue weighted by Gasteiger charge is -2.09. The highest BCUT2D eigenvalue weighted by molar-refractivity contribution is 7.89. The molecule has 1 heterocycles. The van der Waals surface area contributed by atoms with E-state index in [1.165, 1.54) is 25.3 Å². The Morgan fingerprint density at radius 3 is 2.25 bits per heavy atom. The predicted octanol–water partition coefficient (Wildman–Crippen LogP) is 2.57. The van der Waals surface area contributed by atoms with Gasteiger partial charge in [0, 0.05) is 5.56 Å². The summed E-state index contributed by atoms with van der Waals surface area (Å²) in [5, 5.41) is 4.21. The van der Waals surface area contributed by atoms with Gasteiger partial charge >= 0.3 is 0 Å². The van der Waals surface area contributed by atoms with Gasteiger partial charge in [0.05, 0.1) is 23.3 Å². The van der Waals surface area contributed by atoms with Crippen molar-refractivity contribution in [2.45, 2.75) is 4.90 Å². The van der Waals surface area contributed by atoms with Crippen LogP contribution in [0.15, 0.2) is 65.6 Å². The molecular formula is C20H14N2O5S. The lowest BCUT2D eigenvalue weighted by Crippen LogP contribution is -2.20. The number of aromatic nitrogens is 2. The first-order valence-corrected chi connectivity index (χ1v) is 9.72. The van der Waals surface area contributed by atoms with Crippen molar-refractivity contribution in [2.24, 2.45) is 0 Å². The van der Waals surface area contributed by atoms with Crippen molar-refractivity contribution in [1.82, 2.24) is 9.19 Å². The van der Waals surface area contributed by atoms with E-state index in [1.54, 1.807) is 42.5 Å². The highest BCUT2D eigenvalue weighted by Crippen LogP contribution is 2.32. The maximum absolute atomic E-state index is 13.1. The summed E-state index contributed by atoms with van der Waals surface area (Å²) >= 11 is 0. The van der Waals surface area contributed by atoms with Crippen molar-refractivity contribution in [1.29, 1.82) is 0 Å². The van der Waals surface area contributed by atoms with Crippen molar-refractivity contribution in [3.63, 3.8) is 0 Å². The van der Waals surface area contributed by atoms with Crippen LogP contribution in [-0.4, -0.2) is 36.3 Å². The number of benzene rings is 2. The second-order valence-electron chi connectivity index (χ2n) is 6.03. The van der Waals surface area contributed by atoms with Crippen LogP contribution in [-0.2, 0) is 14.8 Å². The van der Waals surface area contributed by atoms with Crippen molar-refractivity contribution >= 4 is 27.7 Å². The molecule has 7 nitrogen and oxygen atoms in total. The molecule has 0 aliphatic heterocycles. The van der Waals surface area contributed by atoms with Crippen LogP contribution in [0.3, 0.4) is 0 Å². The Morgan fingerprint density at radius 1 is 0.929 bits per heavy atom. The second kappa shape index (κ2) is 6.58. The molecule has 1 aromatic heterocycles. The molecule has 0 saturated carbocycles. The zero-order valence-corrected chi connectivity index (χ0v) is 15.5. The minimum atomic E-state index is -4.06. The Kier molecular flexibility index (Phi) is 4.20. The maximum atomic E-state index is 13.1. The fourth-order valence-electron chi connectivity index (χ4n) is 2.96. The van der Waals surface area contributed by atoms with Gasteiger partial charge in [-0.3, -0.25) is 9.59 Å². The molecule has 0 radical (unpaired) electrons. The molecule has 0 N–H and O–H groups in total. The predicted molar refractivity (Wildman–Crippen MR) is 102 cm³/mol. The number of allylic oxidation sites excluding steroid dienone is 1. The number of methoxy groups -OCH3 is 1. The molecule has 1 aliphatic rings. The lowest BCUT2D eigenvalue weighted by molar-refractivity contribution is -0.110. The van der Waals surface area contributed by atoms with Gasteiger partial charge in [0.25, 0.3) is 10.0 Å². The summed E-state index contributed by atoms with van der Waals surface area (Å²) in [5.74, 6) is -0.923. The third kappa shape index (κ3) is 2.74. The van der Waals surface area contributed by atoms with Gasteiger partial charge in [-0.25, -0.2) is 0 Å². The topological polar surface area (TPSA) is 95.3 Å². The third-order valence-electron chi connectivity index (χ3n) is 4.37. The van der Waals surface area contributed by atoms with Gasteiger partial charge in [-0.2, -0.15) is 17.6 Å². The molecular weight excluding hydrogens is 380 g/mol. The van der Waals surface area contributed by atoms with Crippen LogP contribution in [0, 0.1) is 0 Å². The zero-order valence-electron chi connectivity index (χ0n) is 14.7. The molecule has 0 saturated heterocycles. The Labute approximate surface area is 160 Å². The fourth-order valence-corrected chi connectivity index (χ4v) is 4.26. The monoisotopic (exact) mass is 394 g/mol. The quantitative estimate of drug-likeness (QED) is 0.631. The Bertz CT molecular complexity index is 1220. The number of ketones is 2. The first-order chi connectivity index (χ1) is 13.4. The number of carbonyl (C=O) groups is 2. The Morgan fingerprint density at radius 2 is 1.61 bits per heavy atom. The molecule has 2 aromatic carbocycles. The van der Waals surface area contributed by atoms with Gasteiger partial charge in [-0.15, -0.1) is 0 Å². The van der Waals surface area contributed by atoms with Crippen LogP contribution < -0.4 is 4.74 Å². The molecule has 28 heavy (non-hydrogen) atoms. The largest absolute Gasteiger partial charge is 0.497 e. The molecule has 0 unspecified atom stereocenters. The number of hydrogen-bond donors (Lipinski definition) is 0. The van der Waals surface area contributed by atoms with Crippen molar-refractivity contribution in [2.75, 3.05) is 7.11 Å². The van der Waals surface area contributed by atoms with E-state index in [0.717, 1.165) is 10.2 Å². The number of fused-ring (bicyclic) bond motifs is 1. The van der Waals surface area contributed by atoms with Gasteiger partial charge in [0.1, 0.15) is 11.4 Å². The van der Waals surface area contributed by atoms with Gasteiger partial charge in [-0.1, -0.05) is 18.2 Å². The molecule has 0 fully saturated rings. The lowest BCUT2D eigenvalue weighted by atomic mass is 9.96. The standard InChI is InChI=1S/C20H14N2O5S/c1-27-14-9-7-13(8-10-14)19-18-16(11-12-17(23)20(18)24)22(21-19)28(25,26)15-5-3-2-4-6-15/h2-12H,1H3. The summed E-state index contributed by atoms with van der Waals surface area (Å²) in [5.41, 5.74) is 0.645. The number of ether oxygens (including phenoxy) is 1. The number of nitrogens with zero attached hydrogens (tertiary/aromatic N) is 2. The maximum Gasteiger partial charge on any atom is 0.283 e. The highest BCUT2D eigenvalue weighted by Gasteiger charge is 2.34. The van der Waals surface area contributed by atoms with Crippen LogP contribution >= 0.6 is 0 Å². The fraction of sp³-hybridized carbons (Fsp3) is 0.0500.